The molecule has 1 unspecified atom stereocenters. The van der Waals surface area contributed by atoms with Gasteiger partial charge in [0.05, 0.1) is 0 Å². The van der Waals surface area contributed by atoms with Crippen LogP contribution in [0.1, 0.15) is 49.3 Å². The first-order chi connectivity index (χ1) is 7.79. The number of nitrogens with one attached hydrogen (secondary N) is 1. The number of piperidine rings is 1. The van der Waals surface area contributed by atoms with Crippen LogP contribution in [0.5, 0.6) is 0 Å². The van der Waals surface area contributed by atoms with E-state index in [9.17, 15) is 0 Å². The van der Waals surface area contributed by atoms with Crippen LogP contribution < -0.4 is 5.32 Å². The van der Waals surface area contributed by atoms with Crippen LogP contribution in [0, 0.1) is 13.8 Å². The average Bonchev–Trinajstić information content (AvgIpc) is 2.33. The van der Waals surface area contributed by atoms with Crippen molar-refractivity contribution in [1.29, 1.82) is 0 Å². The Morgan fingerprint density at radius 2 is 1.75 bits per heavy atom. The van der Waals surface area contributed by atoms with Crippen molar-refractivity contribution in [3.05, 3.63) is 34.9 Å². The number of benzene rings is 1. The van der Waals surface area contributed by atoms with Gasteiger partial charge >= 0.3 is 0 Å². The summed E-state index contributed by atoms with van der Waals surface area (Å²) in [5.41, 5.74) is 4.50. The first kappa shape index (κ1) is 13.2. The second-order valence-corrected chi connectivity index (χ2v) is 4.35. The van der Waals surface area contributed by atoms with E-state index in [1.54, 1.807) is 5.56 Å². The third-order valence-electron chi connectivity index (χ3n) is 3.25. The first-order valence-electron chi connectivity index (χ1n) is 6.56. The SMILES string of the molecule is CC.Cc1cccc(C)c1C1CCCNC1. The molecule has 1 nitrogen and oxygen atoms in total. The minimum Gasteiger partial charge on any atom is -0.316 e. The van der Waals surface area contributed by atoms with E-state index in [4.69, 9.17) is 0 Å². The molecule has 1 saturated heterocycles. The van der Waals surface area contributed by atoms with Gasteiger partial charge in [0.25, 0.3) is 0 Å². The molecule has 1 aromatic rings. The van der Waals surface area contributed by atoms with Crippen LogP contribution in [-0.4, -0.2) is 13.1 Å². The molecule has 1 atom stereocenters. The second kappa shape index (κ2) is 6.70. The molecule has 90 valence electrons. The maximum atomic E-state index is 3.49. The third kappa shape index (κ3) is 3.08. The van der Waals surface area contributed by atoms with E-state index < -0.39 is 0 Å². The van der Waals surface area contributed by atoms with Gasteiger partial charge < -0.3 is 5.32 Å². The van der Waals surface area contributed by atoms with Gasteiger partial charge in [0.1, 0.15) is 0 Å². The van der Waals surface area contributed by atoms with Gasteiger partial charge in [0, 0.05) is 6.54 Å². The Balaban J connectivity index is 0.000000606. The normalized spacial score (nSPS) is 19.9. The van der Waals surface area contributed by atoms with Crippen LogP contribution in [0.2, 0.25) is 0 Å². The minimum atomic E-state index is 0.741. The van der Waals surface area contributed by atoms with E-state index in [1.807, 2.05) is 13.8 Å². The molecule has 1 aliphatic heterocycles. The summed E-state index contributed by atoms with van der Waals surface area (Å²) in [5, 5.41) is 3.49. The Morgan fingerprint density at radius 3 is 2.25 bits per heavy atom. The van der Waals surface area contributed by atoms with Crippen molar-refractivity contribution in [2.45, 2.75) is 46.5 Å². The third-order valence-corrected chi connectivity index (χ3v) is 3.25. The van der Waals surface area contributed by atoms with Gasteiger partial charge in [-0.25, -0.2) is 0 Å². The van der Waals surface area contributed by atoms with Crippen LogP contribution in [0.25, 0.3) is 0 Å². The molecular formula is C15H25N. The lowest BCUT2D eigenvalue weighted by molar-refractivity contribution is 0.459. The van der Waals surface area contributed by atoms with Crippen LogP contribution in [0.15, 0.2) is 18.2 Å². The molecule has 0 amide bonds. The first-order valence-corrected chi connectivity index (χ1v) is 6.56. The smallest absolute Gasteiger partial charge is 0.00203 e. The Morgan fingerprint density at radius 1 is 1.12 bits per heavy atom. The van der Waals surface area contributed by atoms with Crippen molar-refractivity contribution < 1.29 is 0 Å². The predicted octanol–water partition coefficient (Wildman–Crippen LogP) is 3.80. The highest BCUT2D eigenvalue weighted by Crippen LogP contribution is 2.28. The van der Waals surface area contributed by atoms with Gasteiger partial charge in [0.15, 0.2) is 0 Å². The van der Waals surface area contributed by atoms with Crippen molar-refractivity contribution in [1.82, 2.24) is 5.32 Å². The average molecular weight is 219 g/mol. The topological polar surface area (TPSA) is 12.0 Å². The van der Waals surface area contributed by atoms with Gasteiger partial charge in [-0.1, -0.05) is 32.0 Å². The van der Waals surface area contributed by atoms with Crippen LogP contribution in [0.4, 0.5) is 0 Å². The molecule has 1 fully saturated rings. The van der Waals surface area contributed by atoms with Gasteiger partial charge in [0.2, 0.25) is 0 Å². The molecule has 0 aromatic heterocycles. The molecule has 0 spiro atoms. The minimum absolute atomic E-state index is 0.741. The Bertz CT molecular complexity index is 291. The van der Waals surface area contributed by atoms with Gasteiger partial charge in [-0.3, -0.25) is 0 Å². The molecule has 0 saturated carbocycles. The molecule has 2 rings (SSSR count). The Labute approximate surface area is 100 Å². The quantitative estimate of drug-likeness (QED) is 0.757. The number of hydrogen-bond donors (Lipinski definition) is 1. The molecule has 1 aliphatic rings. The fourth-order valence-electron chi connectivity index (χ4n) is 2.57. The molecule has 0 bridgehead atoms. The number of rotatable bonds is 1. The summed E-state index contributed by atoms with van der Waals surface area (Å²) >= 11 is 0. The van der Waals surface area contributed by atoms with Gasteiger partial charge in [-0.15, -0.1) is 0 Å². The molecule has 1 heterocycles. The lowest BCUT2D eigenvalue weighted by Gasteiger charge is -2.26. The predicted molar refractivity (Wildman–Crippen MR) is 72.1 cm³/mol. The van der Waals surface area contributed by atoms with E-state index in [-0.39, 0.29) is 0 Å². The molecule has 1 aromatic carbocycles. The molecule has 0 radical (unpaired) electrons. The Kier molecular flexibility index (Phi) is 5.54. The molecule has 0 aliphatic carbocycles. The van der Waals surface area contributed by atoms with Crippen molar-refractivity contribution >= 4 is 0 Å². The highest BCUT2D eigenvalue weighted by Gasteiger charge is 2.18. The van der Waals surface area contributed by atoms with Gasteiger partial charge in [-0.2, -0.15) is 0 Å². The van der Waals surface area contributed by atoms with Crippen molar-refractivity contribution in [2.75, 3.05) is 13.1 Å². The maximum absolute atomic E-state index is 3.49. The van der Waals surface area contributed by atoms with Crippen molar-refractivity contribution in [3.63, 3.8) is 0 Å². The van der Waals surface area contributed by atoms with Crippen molar-refractivity contribution in [2.24, 2.45) is 0 Å². The zero-order chi connectivity index (χ0) is 12.0. The van der Waals surface area contributed by atoms with Crippen molar-refractivity contribution in [3.8, 4) is 0 Å². The largest absolute Gasteiger partial charge is 0.316 e. The van der Waals surface area contributed by atoms with Crippen LogP contribution in [0.3, 0.4) is 0 Å². The molecule has 16 heavy (non-hydrogen) atoms. The maximum Gasteiger partial charge on any atom is 0.00203 e. The van der Waals surface area contributed by atoms with E-state index in [2.05, 4.69) is 37.4 Å². The summed E-state index contributed by atoms with van der Waals surface area (Å²) in [5.74, 6) is 0.741. The lowest BCUT2D eigenvalue weighted by atomic mass is 9.86. The number of aryl methyl sites for hydroxylation is 2. The highest BCUT2D eigenvalue weighted by molar-refractivity contribution is 5.36. The standard InChI is InChI=1S/C13H19N.C2H6/c1-10-5-3-6-11(2)13(10)12-7-4-8-14-9-12;1-2/h3,5-6,12,14H,4,7-9H2,1-2H3;1-2H3. The zero-order valence-corrected chi connectivity index (χ0v) is 11.1. The zero-order valence-electron chi connectivity index (χ0n) is 11.1. The summed E-state index contributed by atoms with van der Waals surface area (Å²) in [6.45, 7) is 10.8. The summed E-state index contributed by atoms with van der Waals surface area (Å²) in [4.78, 5) is 0. The van der Waals surface area contributed by atoms with E-state index in [0.717, 1.165) is 12.5 Å². The van der Waals surface area contributed by atoms with Crippen LogP contribution in [-0.2, 0) is 0 Å². The monoisotopic (exact) mass is 219 g/mol. The fraction of sp³-hybridized carbons (Fsp3) is 0.600. The van der Waals surface area contributed by atoms with Crippen LogP contribution >= 0.6 is 0 Å². The second-order valence-electron chi connectivity index (χ2n) is 4.35. The summed E-state index contributed by atoms with van der Waals surface area (Å²) in [6, 6.07) is 6.62. The van der Waals surface area contributed by atoms with Gasteiger partial charge in [-0.05, 0) is 55.8 Å². The molecule has 1 heteroatoms. The summed E-state index contributed by atoms with van der Waals surface area (Å²) in [6.07, 6.45) is 2.66. The summed E-state index contributed by atoms with van der Waals surface area (Å²) in [7, 11) is 0. The van der Waals surface area contributed by atoms with E-state index in [0.29, 0.717) is 0 Å². The lowest BCUT2D eigenvalue weighted by Crippen LogP contribution is -2.29. The highest BCUT2D eigenvalue weighted by atomic mass is 14.9. The fourth-order valence-corrected chi connectivity index (χ4v) is 2.57. The molecule has 1 N–H and O–H groups in total. The molecular weight excluding hydrogens is 194 g/mol. The summed E-state index contributed by atoms with van der Waals surface area (Å²) < 4.78 is 0. The van der Waals surface area contributed by atoms with E-state index >= 15 is 0 Å². The Hall–Kier alpha value is -0.820. The van der Waals surface area contributed by atoms with E-state index in [1.165, 1.54) is 30.5 Å². The number of hydrogen-bond acceptors (Lipinski definition) is 1.